The summed E-state index contributed by atoms with van der Waals surface area (Å²) in [5, 5.41) is 0. The lowest BCUT2D eigenvalue weighted by Gasteiger charge is -2.21. The maximum absolute atomic E-state index is 12.3. The summed E-state index contributed by atoms with van der Waals surface area (Å²) in [6.07, 6.45) is 2.00. The number of benzene rings is 1. The summed E-state index contributed by atoms with van der Waals surface area (Å²) in [5.74, 6) is 1.17. The van der Waals surface area contributed by atoms with Gasteiger partial charge in [-0.05, 0) is 37.0 Å². The minimum Gasteiger partial charge on any atom is -0.398 e. The zero-order valence-corrected chi connectivity index (χ0v) is 11.9. The van der Waals surface area contributed by atoms with Crippen molar-refractivity contribution in [3.05, 3.63) is 22.7 Å². The van der Waals surface area contributed by atoms with E-state index >= 15 is 0 Å². The van der Waals surface area contributed by atoms with Gasteiger partial charge in [-0.25, -0.2) is 0 Å². The van der Waals surface area contributed by atoms with E-state index in [9.17, 15) is 4.21 Å². The Hall–Kier alpha value is -0.390. The smallest absolute Gasteiger partial charge is 0.0628 e. The SMILES string of the molecule is Nc1ccc(Br)cc1S(=O)CC1CCOCC1. The van der Waals surface area contributed by atoms with Gasteiger partial charge in [-0.1, -0.05) is 15.9 Å². The number of halogens is 1. The topological polar surface area (TPSA) is 52.3 Å². The Kier molecular flexibility index (Phi) is 4.59. The molecule has 1 unspecified atom stereocenters. The highest BCUT2D eigenvalue weighted by molar-refractivity contribution is 9.10. The first-order valence-electron chi connectivity index (χ1n) is 5.68. The fourth-order valence-electron chi connectivity index (χ4n) is 1.92. The van der Waals surface area contributed by atoms with E-state index in [1.165, 1.54) is 0 Å². The van der Waals surface area contributed by atoms with Gasteiger partial charge in [0.25, 0.3) is 0 Å². The van der Waals surface area contributed by atoms with Gasteiger partial charge in [0.2, 0.25) is 0 Å². The number of ether oxygens (including phenoxy) is 1. The van der Waals surface area contributed by atoms with Crippen molar-refractivity contribution in [2.24, 2.45) is 5.92 Å². The summed E-state index contributed by atoms with van der Waals surface area (Å²) in [5.41, 5.74) is 6.47. The van der Waals surface area contributed by atoms with E-state index in [-0.39, 0.29) is 0 Å². The standard InChI is InChI=1S/C12H16BrNO2S/c13-10-1-2-11(14)12(7-10)17(15)8-9-3-5-16-6-4-9/h1-2,7,9H,3-6,8,14H2. The van der Waals surface area contributed by atoms with Gasteiger partial charge in [-0.15, -0.1) is 0 Å². The third-order valence-corrected chi connectivity index (χ3v) is 5.06. The molecular weight excluding hydrogens is 302 g/mol. The van der Waals surface area contributed by atoms with Crippen LogP contribution in [0.2, 0.25) is 0 Å². The van der Waals surface area contributed by atoms with E-state index in [2.05, 4.69) is 15.9 Å². The minimum atomic E-state index is -1.01. The van der Waals surface area contributed by atoms with Crippen molar-refractivity contribution in [2.75, 3.05) is 24.7 Å². The third kappa shape index (κ3) is 3.53. The molecule has 0 radical (unpaired) electrons. The summed E-state index contributed by atoms with van der Waals surface area (Å²) >= 11 is 3.38. The number of anilines is 1. The van der Waals surface area contributed by atoms with Crippen LogP contribution in [0.4, 0.5) is 5.69 Å². The van der Waals surface area contributed by atoms with Crippen molar-refractivity contribution in [3.63, 3.8) is 0 Å². The van der Waals surface area contributed by atoms with E-state index in [0.29, 0.717) is 17.4 Å². The van der Waals surface area contributed by atoms with Crippen LogP contribution in [0.5, 0.6) is 0 Å². The van der Waals surface area contributed by atoms with Crippen LogP contribution >= 0.6 is 15.9 Å². The van der Waals surface area contributed by atoms with E-state index in [4.69, 9.17) is 10.5 Å². The third-order valence-electron chi connectivity index (χ3n) is 2.95. The van der Waals surface area contributed by atoms with Gasteiger partial charge in [-0.3, -0.25) is 4.21 Å². The number of nitrogens with two attached hydrogens (primary N) is 1. The molecule has 94 valence electrons. The zero-order valence-electron chi connectivity index (χ0n) is 9.52. The predicted octanol–water partition coefficient (Wildman–Crippen LogP) is 2.57. The minimum absolute atomic E-state index is 0.489. The van der Waals surface area contributed by atoms with Gasteiger partial charge >= 0.3 is 0 Å². The lowest BCUT2D eigenvalue weighted by Crippen LogP contribution is -2.21. The van der Waals surface area contributed by atoms with Crippen LogP contribution in [0.1, 0.15) is 12.8 Å². The van der Waals surface area contributed by atoms with Crippen molar-refractivity contribution < 1.29 is 8.95 Å². The molecule has 1 aromatic rings. The van der Waals surface area contributed by atoms with Gasteiger partial charge in [0, 0.05) is 29.1 Å². The van der Waals surface area contributed by atoms with Crippen LogP contribution in [0, 0.1) is 5.92 Å². The Morgan fingerprint density at radius 3 is 2.82 bits per heavy atom. The summed E-state index contributed by atoms with van der Waals surface area (Å²) in [6.45, 7) is 1.58. The molecule has 1 aromatic carbocycles. The van der Waals surface area contributed by atoms with Gasteiger partial charge in [0.15, 0.2) is 0 Å². The molecule has 0 aliphatic carbocycles. The second-order valence-corrected chi connectivity index (χ2v) is 6.63. The molecule has 3 nitrogen and oxygen atoms in total. The Morgan fingerprint density at radius 2 is 2.12 bits per heavy atom. The second-order valence-electron chi connectivity index (χ2n) is 4.25. The molecule has 1 heterocycles. The molecule has 1 atom stereocenters. The van der Waals surface area contributed by atoms with Crippen molar-refractivity contribution in [2.45, 2.75) is 17.7 Å². The highest BCUT2D eigenvalue weighted by Crippen LogP contribution is 2.25. The summed E-state index contributed by atoms with van der Waals surface area (Å²) in [7, 11) is -1.01. The van der Waals surface area contributed by atoms with Gasteiger partial charge in [0.1, 0.15) is 0 Å². The predicted molar refractivity (Wildman–Crippen MR) is 73.4 cm³/mol. The molecule has 0 bridgehead atoms. The van der Waals surface area contributed by atoms with Crippen molar-refractivity contribution >= 4 is 32.4 Å². The summed E-state index contributed by atoms with van der Waals surface area (Å²) < 4.78 is 18.5. The first-order valence-corrected chi connectivity index (χ1v) is 7.79. The first kappa shape index (κ1) is 13.1. The molecule has 2 rings (SSSR count). The Labute approximate surface area is 112 Å². The number of nitrogen functional groups attached to an aromatic ring is 1. The van der Waals surface area contributed by atoms with Crippen LogP contribution in [0.15, 0.2) is 27.6 Å². The number of hydrogen-bond acceptors (Lipinski definition) is 3. The van der Waals surface area contributed by atoms with Gasteiger partial charge < -0.3 is 10.5 Å². The fourth-order valence-corrected chi connectivity index (χ4v) is 3.97. The highest BCUT2D eigenvalue weighted by atomic mass is 79.9. The molecule has 0 amide bonds. The van der Waals surface area contributed by atoms with Gasteiger partial charge in [-0.2, -0.15) is 0 Å². The molecule has 0 aromatic heterocycles. The molecule has 1 aliphatic heterocycles. The van der Waals surface area contributed by atoms with E-state index in [1.807, 2.05) is 12.1 Å². The molecule has 0 saturated carbocycles. The molecule has 17 heavy (non-hydrogen) atoms. The maximum atomic E-state index is 12.3. The van der Waals surface area contributed by atoms with Crippen LogP contribution in [0.3, 0.4) is 0 Å². The zero-order chi connectivity index (χ0) is 12.3. The van der Waals surface area contributed by atoms with Crippen molar-refractivity contribution in [3.8, 4) is 0 Å². The van der Waals surface area contributed by atoms with Crippen LogP contribution in [0.25, 0.3) is 0 Å². The van der Waals surface area contributed by atoms with Gasteiger partial charge in [0.05, 0.1) is 15.7 Å². The van der Waals surface area contributed by atoms with Crippen LogP contribution < -0.4 is 5.73 Å². The van der Waals surface area contributed by atoms with Crippen molar-refractivity contribution in [1.82, 2.24) is 0 Å². The fraction of sp³-hybridized carbons (Fsp3) is 0.500. The normalized spacial score (nSPS) is 19.1. The number of rotatable bonds is 3. The maximum Gasteiger partial charge on any atom is 0.0628 e. The Bertz CT molecular complexity index is 419. The molecule has 5 heteroatoms. The van der Waals surface area contributed by atoms with E-state index in [1.54, 1.807) is 6.07 Å². The summed E-state index contributed by atoms with van der Waals surface area (Å²) in [4.78, 5) is 0.742. The lowest BCUT2D eigenvalue weighted by atomic mass is 10.0. The number of hydrogen-bond donors (Lipinski definition) is 1. The Balaban J connectivity index is 2.05. The quantitative estimate of drug-likeness (QED) is 0.872. The molecule has 1 fully saturated rings. The molecule has 2 N–H and O–H groups in total. The average molecular weight is 318 g/mol. The Morgan fingerprint density at radius 1 is 1.41 bits per heavy atom. The monoisotopic (exact) mass is 317 g/mol. The highest BCUT2D eigenvalue weighted by Gasteiger charge is 2.18. The lowest BCUT2D eigenvalue weighted by molar-refractivity contribution is 0.0725. The van der Waals surface area contributed by atoms with E-state index < -0.39 is 10.8 Å². The van der Waals surface area contributed by atoms with Crippen LogP contribution in [-0.2, 0) is 15.5 Å². The summed E-state index contributed by atoms with van der Waals surface area (Å²) in [6, 6.07) is 5.51. The van der Waals surface area contributed by atoms with E-state index in [0.717, 1.165) is 35.4 Å². The van der Waals surface area contributed by atoms with Crippen molar-refractivity contribution in [1.29, 1.82) is 0 Å². The molecule has 1 saturated heterocycles. The first-order chi connectivity index (χ1) is 8.16. The largest absolute Gasteiger partial charge is 0.398 e. The molecular formula is C12H16BrNO2S. The molecule has 1 aliphatic rings. The van der Waals surface area contributed by atoms with Crippen LogP contribution in [-0.4, -0.2) is 23.2 Å². The average Bonchev–Trinajstić information content (AvgIpc) is 2.33. The second kappa shape index (κ2) is 5.98. The molecule has 0 spiro atoms.